The van der Waals surface area contributed by atoms with Crippen molar-refractivity contribution < 1.29 is 18.0 Å². The average Bonchev–Trinajstić information content (AvgIpc) is 2.93. The number of hydrogen-bond donors (Lipinski definition) is 1. The lowest BCUT2D eigenvalue weighted by Gasteiger charge is -2.13. The van der Waals surface area contributed by atoms with Gasteiger partial charge in [0.15, 0.2) is 15.6 Å². The SMILES string of the molecule is O=C1CCc2c1cccc2C(=O)NC1CCS(=O)(=O)C1. The van der Waals surface area contributed by atoms with E-state index in [4.69, 9.17) is 0 Å². The van der Waals surface area contributed by atoms with E-state index in [-0.39, 0.29) is 29.2 Å². The van der Waals surface area contributed by atoms with Crippen LogP contribution < -0.4 is 5.32 Å². The summed E-state index contributed by atoms with van der Waals surface area (Å²) >= 11 is 0. The summed E-state index contributed by atoms with van der Waals surface area (Å²) in [7, 11) is -3.01. The molecule has 1 aliphatic heterocycles. The van der Waals surface area contributed by atoms with Gasteiger partial charge in [-0.15, -0.1) is 0 Å². The molecule has 1 aromatic rings. The van der Waals surface area contributed by atoms with Crippen molar-refractivity contribution in [2.45, 2.75) is 25.3 Å². The molecule has 2 aliphatic rings. The molecule has 20 heavy (non-hydrogen) atoms. The number of rotatable bonds is 2. The highest BCUT2D eigenvalue weighted by Crippen LogP contribution is 2.25. The third-order valence-corrected chi connectivity index (χ3v) is 5.66. The van der Waals surface area contributed by atoms with Crippen LogP contribution in [0.4, 0.5) is 0 Å². The average molecular weight is 293 g/mol. The minimum absolute atomic E-state index is 0.00664. The topological polar surface area (TPSA) is 80.3 Å². The molecule has 0 spiro atoms. The van der Waals surface area contributed by atoms with Crippen molar-refractivity contribution in [2.75, 3.05) is 11.5 Å². The summed E-state index contributed by atoms with van der Waals surface area (Å²) < 4.78 is 22.8. The largest absolute Gasteiger partial charge is 0.348 e. The minimum Gasteiger partial charge on any atom is -0.348 e. The van der Waals surface area contributed by atoms with Crippen LogP contribution in [-0.4, -0.2) is 37.7 Å². The third kappa shape index (κ3) is 2.35. The van der Waals surface area contributed by atoms with Gasteiger partial charge >= 0.3 is 0 Å². The molecular formula is C14H15NO4S. The molecule has 5 nitrogen and oxygen atoms in total. The molecule has 1 N–H and O–H groups in total. The van der Waals surface area contributed by atoms with Crippen molar-refractivity contribution in [3.63, 3.8) is 0 Å². The summed E-state index contributed by atoms with van der Waals surface area (Å²) in [4.78, 5) is 23.9. The highest BCUT2D eigenvalue weighted by atomic mass is 32.2. The van der Waals surface area contributed by atoms with Gasteiger partial charge in [0.25, 0.3) is 5.91 Å². The maximum atomic E-state index is 12.3. The van der Waals surface area contributed by atoms with E-state index in [1.807, 2.05) is 0 Å². The Labute approximate surface area is 117 Å². The van der Waals surface area contributed by atoms with Crippen LogP contribution in [0.1, 0.15) is 39.1 Å². The quantitative estimate of drug-likeness (QED) is 0.872. The Bertz CT molecular complexity index is 693. The first-order valence-corrected chi connectivity index (χ1v) is 8.45. The summed E-state index contributed by atoms with van der Waals surface area (Å²) in [6, 6.07) is 4.81. The van der Waals surface area contributed by atoms with Crippen molar-refractivity contribution >= 4 is 21.5 Å². The maximum Gasteiger partial charge on any atom is 0.251 e. The maximum absolute atomic E-state index is 12.3. The van der Waals surface area contributed by atoms with E-state index in [0.29, 0.717) is 30.4 Å². The van der Waals surface area contributed by atoms with Crippen LogP contribution in [0.2, 0.25) is 0 Å². The Kier molecular flexibility index (Phi) is 3.12. The molecule has 6 heteroatoms. The number of sulfone groups is 1. The van der Waals surface area contributed by atoms with Gasteiger partial charge in [-0.1, -0.05) is 12.1 Å². The Morgan fingerprint density at radius 2 is 2.05 bits per heavy atom. The molecule has 1 unspecified atom stereocenters. The highest BCUT2D eigenvalue weighted by Gasteiger charge is 2.30. The van der Waals surface area contributed by atoms with E-state index in [9.17, 15) is 18.0 Å². The summed E-state index contributed by atoms with van der Waals surface area (Å²) in [6.07, 6.45) is 1.49. The Balaban J connectivity index is 1.81. The van der Waals surface area contributed by atoms with Gasteiger partial charge in [0.2, 0.25) is 0 Å². The molecule has 0 saturated carbocycles. The van der Waals surface area contributed by atoms with E-state index in [2.05, 4.69) is 5.32 Å². The highest BCUT2D eigenvalue weighted by molar-refractivity contribution is 7.91. The van der Waals surface area contributed by atoms with Crippen LogP contribution >= 0.6 is 0 Å². The van der Waals surface area contributed by atoms with E-state index < -0.39 is 9.84 Å². The molecule has 1 atom stereocenters. The van der Waals surface area contributed by atoms with Crippen LogP contribution in [0.25, 0.3) is 0 Å². The Hall–Kier alpha value is -1.69. The van der Waals surface area contributed by atoms with Gasteiger partial charge in [0.05, 0.1) is 11.5 Å². The van der Waals surface area contributed by atoms with Gasteiger partial charge in [-0.2, -0.15) is 0 Å². The van der Waals surface area contributed by atoms with Crippen molar-refractivity contribution in [1.29, 1.82) is 0 Å². The van der Waals surface area contributed by atoms with Gasteiger partial charge in [-0.25, -0.2) is 8.42 Å². The van der Waals surface area contributed by atoms with E-state index >= 15 is 0 Å². The Morgan fingerprint density at radius 3 is 2.75 bits per heavy atom. The first-order valence-electron chi connectivity index (χ1n) is 6.63. The summed E-state index contributed by atoms with van der Waals surface area (Å²) in [5.74, 6) is -0.0764. The summed E-state index contributed by atoms with van der Waals surface area (Å²) in [5, 5.41) is 2.77. The normalized spacial score (nSPS) is 23.6. The fraction of sp³-hybridized carbons (Fsp3) is 0.429. The molecule has 1 heterocycles. The zero-order chi connectivity index (χ0) is 14.3. The second kappa shape index (κ2) is 4.70. The fourth-order valence-corrected chi connectivity index (χ4v) is 4.55. The van der Waals surface area contributed by atoms with Gasteiger partial charge in [-0.05, 0) is 24.5 Å². The number of fused-ring (bicyclic) bond motifs is 1. The van der Waals surface area contributed by atoms with Crippen molar-refractivity contribution in [3.05, 3.63) is 34.9 Å². The molecule has 1 amide bonds. The molecule has 3 rings (SSSR count). The lowest BCUT2D eigenvalue weighted by atomic mass is 10.0. The molecule has 1 aliphatic carbocycles. The van der Waals surface area contributed by atoms with Crippen molar-refractivity contribution in [1.82, 2.24) is 5.32 Å². The van der Waals surface area contributed by atoms with Crippen LogP contribution in [0.5, 0.6) is 0 Å². The second-order valence-corrected chi connectivity index (χ2v) is 7.56. The van der Waals surface area contributed by atoms with Crippen LogP contribution in [-0.2, 0) is 16.3 Å². The number of ketones is 1. The van der Waals surface area contributed by atoms with Gasteiger partial charge in [-0.3, -0.25) is 9.59 Å². The summed E-state index contributed by atoms with van der Waals surface area (Å²) in [5.41, 5.74) is 1.91. The van der Waals surface area contributed by atoms with E-state index in [1.54, 1.807) is 18.2 Å². The Morgan fingerprint density at radius 1 is 1.25 bits per heavy atom. The third-order valence-electron chi connectivity index (χ3n) is 3.89. The number of Topliss-reactive ketones (excluding diaryl/α,β-unsaturated/α-hetero) is 1. The van der Waals surface area contributed by atoms with Crippen LogP contribution in [0, 0.1) is 0 Å². The minimum atomic E-state index is -3.01. The van der Waals surface area contributed by atoms with E-state index in [0.717, 1.165) is 5.56 Å². The number of carbonyl (C=O) groups excluding carboxylic acids is 2. The van der Waals surface area contributed by atoms with Gasteiger partial charge in [0.1, 0.15) is 0 Å². The van der Waals surface area contributed by atoms with E-state index in [1.165, 1.54) is 0 Å². The number of benzene rings is 1. The number of hydrogen-bond acceptors (Lipinski definition) is 4. The van der Waals surface area contributed by atoms with Crippen molar-refractivity contribution in [3.8, 4) is 0 Å². The van der Waals surface area contributed by atoms with Gasteiger partial charge < -0.3 is 5.32 Å². The first-order chi connectivity index (χ1) is 9.46. The smallest absolute Gasteiger partial charge is 0.251 e. The number of amides is 1. The first kappa shape index (κ1) is 13.3. The van der Waals surface area contributed by atoms with Gasteiger partial charge in [0, 0.05) is 23.6 Å². The zero-order valence-electron chi connectivity index (χ0n) is 10.9. The second-order valence-electron chi connectivity index (χ2n) is 5.33. The fourth-order valence-electron chi connectivity index (χ4n) is 2.88. The van der Waals surface area contributed by atoms with Crippen molar-refractivity contribution in [2.24, 2.45) is 0 Å². The molecule has 1 fully saturated rings. The molecule has 1 saturated heterocycles. The zero-order valence-corrected chi connectivity index (χ0v) is 11.7. The lowest BCUT2D eigenvalue weighted by Crippen LogP contribution is -2.36. The van der Waals surface area contributed by atoms with Crippen LogP contribution in [0.3, 0.4) is 0 Å². The van der Waals surface area contributed by atoms with Crippen LogP contribution in [0.15, 0.2) is 18.2 Å². The molecule has 106 valence electrons. The monoisotopic (exact) mass is 293 g/mol. The lowest BCUT2D eigenvalue weighted by molar-refractivity contribution is 0.0939. The molecule has 1 aromatic carbocycles. The number of carbonyl (C=O) groups is 2. The molecule has 0 bridgehead atoms. The standard InChI is InChI=1S/C14H15NO4S/c16-13-5-4-10-11(13)2-1-3-12(10)14(17)15-9-6-7-20(18,19)8-9/h1-3,9H,4-8H2,(H,15,17). The molecule has 0 aromatic heterocycles. The number of nitrogens with one attached hydrogen (secondary N) is 1. The molecular weight excluding hydrogens is 278 g/mol. The molecule has 0 radical (unpaired) electrons. The summed E-state index contributed by atoms with van der Waals surface area (Å²) in [6.45, 7) is 0. The predicted molar refractivity (Wildman–Crippen MR) is 73.6 cm³/mol. The predicted octanol–water partition coefficient (Wildman–Crippen LogP) is 0.732.